The second-order valence-corrected chi connectivity index (χ2v) is 8.35. The maximum absolute atomic E-state index is 13.3. The first-order valence-electron chi connectivity index (χ1n) is 9.87. The molecule has 1 aliphatic heterocycles. The number of rotatable bonds is 6. The Morgan fingerprint density at radius 1 is 1.04 bits per heavy atom. The molecule has 0 radical (unpaired) electrons. The van der Waals surface area contributed by atoms with Crippen LogP contribution in [0.2, 0.25) is 0 Å². The molecule has 4 heteroatoms. The molecule has 3 nitrogen and oxygen atoms in total. The van der Waals surface area contributed by atoms with Crippen molar-refractivity contribution in [1.82, 2.24) is 9.80 Å². The smallest absolute Gasteiger partial charge is 0.237 e. The normalized spacial score (nSPS) is 17.1. The summed E-state index contributed by atoms with van der Waals surface area (Å²) < 4.78 is 0. The topological polar surface area (TPSA) is 23.6 Å². The van der Waals surface area contributed by atoms with Gasteiger partial charge in [-0.05, 0) is 42.0 Å². The first-order valence-corrected chi connectivity index (χ1v) is 10.7. The lowest BCUT2D eigenvalue weighted by atomic mass is 9.97. The minimum atomic E-state index is -0.0716. The van der Waals surface area contributed by atoms with Crippen LogP contribution < -0.4 is 0 Å². The van der Waals surface area contributed by atoms with Gasteiger partial charge in [-0.15, -0.1) is 11.3 Å². The Labute approximate surface area is 171 Å². The highest BCUT2D eigenvalue weighted by Crippen LogP contribution is 2.35. The minimum Gasteiger partial charge on any atom is -0.334 e. The van der Waals surface area contributed by atoms with Crippen molar-refractivity contribution in [3.8, 4) is 0 Å². The largest absolute Gasteiger partial charge is 0.334 e. The van der Waals surface area contributed by atoms with Crippen molar-refractivity contribution in [2.45, 2.75) is 24.9 Å². The minimum absolute atomic E-state index is 0.0716. The summed E-state index contributed by atoms with van der Waals surface area (Å²) in [5.74, 6) is 0.168. The molecule has 3 aromatic rings. The summed E-state index contributed by atoms with van der Waals surface area (Å²) in [6.45, 7) is 1.46. The number of nitrogens with zero attached hydrogens (tertiary/aromatic N) is 2. The Hall–Kier alpha value is -2.43. The van der Waals surface area contributed by atoms with Gasteiger partial charge in [-0.1, -0.05) is 66.7 Å². The number of hydrogen-bond donors (Lipinski definition) is 0. The summed E-state index contributed by atoms with van der Waals surface area (Å²) in [4.78, 5) is 18.9. The third-order valence-corrected chi connectivity index (χ3v) is 6.56. The van der Waals surface area contributed by atoms with E-state index in [2.05, 4.69) is 46.7 Å². The highest BCUT2D eigenvalue weighted by atomic mass is 32.1. The molecule has 0 aliphatic carbocycles. The molecule has 0 spiro atoms. The Kier molecular flexibility index (Phi) is 5.89. The Morgan fingerprint density at radius 2 is 1.68 bits per heavy atom. The molecule has 2 heterocycles. The van der Waals surface area contributed by atoms with Gasteiger partial charge in [0.15, 0.2) is 0 Å². The molecule has 0 saturated carbocycles. The molecule has 1 saturated heterocycles. The number of benzene rings is 2. The van der Waals surface area contributed by atoms with Gasteiger partial charge >= 0.3 is 0 Å². The fourth-order valence-corrected chi connectivity index (χ4v) is 5.05. The lowest BCUT2D eigenvalue weighted by molar-refractivity contribution is -0.132. The van der Waals surface area contributed by atoms with Gasteiger partial charge in [-0.3, -0.25) is 9.69 Å². The van der Waals surface area contributed by atoms with Crippen LogP contribution in [0.25, 0.3) is 0 Å². The van der Waals surface area contributed by atoms with Gasteiger partial charge in [-0.2, -0.15) is 0 Å². The molecule has 0 bridgehead atoms. The quantitative estimate of drug-likeness (QED) is 0.582. The lowest BCUT2D eigenvalue weighted by Gasteiger charge is -2.32. The third-order valence-electron chi connectivity index (χ3n) is 5.58. The zero-order valence-electron chi connectivity index (χ0n) is 16.2. The SMILES string of the molecule is CN(C(=O)CN1CCCC1c1cccs1)C(c1ccccc1)c1ccccc1. The number of likely N-dealkylation sites (N-methyl/N-ethyl adjacent to an activating group) is 1. The van der Waals surface area contributed by atoms with Gasteiger partial charge in [0.1, 0.15) is 0 Å². The fourth-order valence-electron chi connectivity index (χ4n) is 4.16. The van der Waals surface area contributed by atoms with Crippen LogP contribution in [-0.4, -0.2) is 35.8 Å². The fraction of sp³-hybridized carbons (Fsp3) is 0.292. The van der Waals surface area contributed by atoms with Crippen LogP contribution in [0.1, 0.15) is 40.9 Å². The predicted molar refractivity (Wildman–Crippen MR) is 115 cm³/mol. The van der Waals surface area contributed by atoms with Gasteiger partial charge in [0.25, 0.3) is 0 Å². The molecule has 4 rings (SSSR count). The van der Waals surface area contributed by atoms with Gasteiger partial charge in [0.05, 0.1) is 12.6 Å². The standard InChI is InChI=1S/C24H26N2OS/c1-25(23(27)18-26-16-8-14-21(26)22-15-9-17-28-22)24(19-10-4-2-5-11-19)20-12-6-3-7-13-20/h2-7,9-13,15,17,21,24H,8,14,16,18H2,1H3. The van der Waals surface area contributed by atoms with Gasteiger partial charge in [0, 0.05) is 18.0 Å². The van der Waals surface area contributed by atoms with Crippen molar-refractivity contribution in [2.24, 2.45) is 0 Å². The molecule has 1 aliphatic rings. The average Bonchev–Trinajstić information content (AvgIpc) is 3.41. The second-order valence-electron chi connectivity index (χ2n) is 7.37. The molecule has 28 heavy (non-hydrogen) atoms. The number of likely N-dealkylation sites (tertiary alicyclic amines) is 1. The van der Waals surface area contributed by atoms with Crippen molar-refractivity contribution >= 4 is 17.2 Å². The van der Waals surface area contributed by atoms with Gasteiger partial charge < -0.3 is 4.90 Å². The Morgan fingerprint density at radius 3 is 2.25 bits per heavy atom. The first kappa shape index (κ1) is 18.9. The van der Waals surface area contributed by atoms with E-state index < -0.39 is 0 Å². The number of carbonyl (C=O) groups excluding carboxylic acids is 1. The van der Waals surface area contributed by atoms with Crippen LogP contribution >= 0.6 is 11.3 Å². The van der Waals surface area contributed by atoms with Crippen LogP contribution in [-0.2, 0) is 4.79 Å². The van der Waals surface area contributed by atoms with E-state index in [1.807, 2.05) is 48.3 Å². The highest BCUT2D eigenvalue weighted by molar-refractivity contribution is 7.10. The highest BCUT2D eigenvalue weighted by Gasteiger charge is 2.31. The molecular weight excluding hydrogens is 364 g/mol. The van der Waals surface area contributed by atoms with Crippen LogP contribution in [0, 0.1) is 0 Å². The van der Waals surface area contributed by atoms with E-state index in [1.54, 1.807) is 11.3 Å². The van der Waals surface area contributed by atoms with E-state index >= 15 is 0 Å². The lowest BCUT2D eigenvalue weighted by Crippen LogP contribution is -2.40. The molecule has 1 fully saturated rings. The molecule has 144 valence electrons. The summed E-state index contributed by atoms with van der Waals surface area (Å²) in [5, 5.41) is 2.13. The Bertz CT molecular complexity index is 840. The van der Waals surface area contributed by atoms with E-state index in [0.717, 1.165) is 30.5 Å². The number of hydrogen-bond acceptors (Lipinski definition) is 3. The first-order chi connectivity index (χ1) is 13.7. The van der Waals surface area contributed by atoms with Crippen molar-refractivity contribution < 1.29 is 4.79 Å². The molecule has 1 aromatic heterocycles. The Balaban J connectivity index is 1.55. The average molecular weight is 391 g/mol. The summed E-state index contributed by atoms with van der Waals surface area (Å²) in [6, 6.07) is 25.2. The molecule has 1 unspecified atom stereocenters. The van der Waals surface area contributed by atoms with Crippen LogP contribution in [0.15, 0.2) is 78.2 Å². The molecule has 0 N–H and O–H groups in total. The summed E-state index contributed by atoms with van der Waals surface area (Å²) >= 11 is 1.79. The van der Waals surface area contributed by atoms with Crippen molar-refractivity contribution in [3.05, 3.63) is 94.2 Å². The van der Waals surface area contributed by atoms with Gasteiger partial charge in [-0.25, -0.2) is 0 Å². The summed E-state index contributed by atoms with van der Waals surface area (Å²) in [6.07, 6.45) is 2.29. The third kappa shape index (κ3) is 4.03. The maximum atomic E-state index is 13.3. The molecular formula is C24H26N2OS. The number of amides is 1. The van der Waals surface area contributed by atoms with E-state index in [9.17, 15) is 4.79 Å². The number of thiophene rings is 1. The van der Waals surface area contributed by atoms with E-state index in [4.69, 9.17) is 0 Å². The monoisotopic (exact) mass is 390 g/mol. The van der Waals surface area contributed by atoms with Crippen LogP contribution in [0.4, 0.5) is 0 Å². The zero-order valence-corrected chi connectivity index (χ0v) is 17.0. The van der Waals surface area contributed by atoms with Gasteiger partial charge in [0.2, 0.25) is 5.91 Å². The summed E-state index contributed by atoms with van der Waals surface area (Å²) in [7, 11) is 1.93. The van der Waals surface area contributed by atoms with Crippen LogP contribution in [0.3, 0.4) is 0 Å². The summed E-state index contributed by atoms with van der Waals surface area (Å²) in [5.41, 5.74) is 2.28. The maximum Gasteiger partial charge on any atom is 0.237 e. The molecule has 1 amide bonds. The van der Waals surface area contributed by atoms with E-state index in [1.165, 1.54) is 4.88 Å². The van der Waals surface area contributed by atoms with E-state index in [0.29, 0.717) is 12.6 Å². The van der Waals surface area contributed by atoms with E-state index in [-0.39, 0.29) is 11.9 Å². The van der Waals surface area contributed by atoms with Crippen molar-refractivity contribution in [2.75, 3.05) is 20.1 Å². The second kappa shape index (κ2) is 8.72. The van der Waals surface area contributed by atoms with Crippen LogP contribution in [0.5, 0.6) is 0 Å². The molecule has 2 aromatic carbocycles. The zero-order chi connectivity index (χ0) is 19.3. The van der Waals surface area contributed by atoms with Crippen molar-refractivity contribution in [3.63, 3.8) is 0 Å². The molecule has 1 atom stereocenters. The predicted octanol–water partition coefficient (Wildman–Crippen LogP) is 5.13. The van der Waals surface area contributed by atoms with Crippen molar-refractivity contribution in [1.29, 1.82) is 0 Å². The number of carbonyl (C=O) groups is 1.